The smallest absolute Gasteiger partial charge is 0.248 e. The SMILES string of the molecule is CNC(c1cc(C)ccc1C)C1CCC(F)(F)CC1. The molecule has 1 aliphatic carbocycles. The third kappa shape index (κ3) is 3.33. The fourth-order valence-electron chi connectivity index (χ4n) is 3.14. The lowest BCUT2D eigenvalue weighted by Crippen LogP contribution is -2.33. The molecule has 0 aliphatic heterocycles. The summed E-state index contributed by atoms with van der Waals surface area (Å²) in [6.45, 7) is 4.17. The number of aryl methyl sites for hydroxylation is 2. The Morgan fingerprint density at radius 1 is 1.21 bits per heavy atom. The Labute approximate surface area is 114 Å². The number of nitrogens with one attached hydrogen (secondary N) is 1. The van der Waals surface area contributed by atoms with E-state index in [1.807, 2.05) is 7.05 Å². The largest absolute Gasteiger partial charge is 0.313 e. The minimum absolute atomic E-state index is 0.0285. The Morgan fingerprint density at radius 2 is 1.84 bits per heavy atom. The van der Waals surface area contributed by atoms with Crippen LogP contribution in [0.2, 0.25) is 0 Å². The van der Waals surface area contributed by atoms with E-state index in [-0.39, 0.29) is 18.9 Å². The monoisotopic (exact) mass is 267 g/mol. The van der Waals surface area contributed by atoms with E-state index in [1.165, 1.54) is 16.7 Å². The summed E-state index contributed by atoms with van der Waals surface area (Å²) in [6, 6.07) is 6.59. The standard InChI is InChI=1S/C16H23F2N/c1-11-4-5-12(2)14(10-11)15(19-3)13-6-8-16(17,18)9-7-13/h4-5,10,13,15,19H,6-9H2,1-3H3. The summed E-state index contributed by atoms with van der Waals surface area (Å²) in [5, 5.41) is 3.34. The van der Waals surface area contributed by atoms with Gasteiger partial charge in [-0.05, 0) is 50.8 Å². The Kier molecular flexibility index (Phi) is 4.24. The van der Waals surface area contributed by atoms with Gasteiger partial charge in [0.1, 0.15) is 0 Å². The van der Waals surface area contributed by atoms with Crippen LogP contribution in [0.4, 0.5) is 8.78 Å². The van der Waals surface area contributed by atoms with Crippen LogP contribution in [0.3, 0.4) is 0 Å². The third-order valence-corrected chi connectivity index (χ3v) is 4.31. The molecule has 1 aliphatic rings. The van der Waals surface area contributed by atoms with Crippen LogP contribution in [0.1, 0.15) is 48.4 Å². The molecule has 106 valence electrons. The quantitative estimate of drug-likeness (QED) is 0.856. The molecule has 0 aromatic heterocycles. The highest BCUT2D eigenvalue weighted by Gasteiger charge is 2.37. The highest BCUT2D eigenvalue weighted by Crippen LogP contribution is 2.41. The summed E-state index contributed by atoms with van der Waals surface area (Å²) in [5.41, 5.74) is 3.72. The van der Waals surface area contributed by atoms with Crippen molar-refractivity contribution in [1.29, 1.82) is 0 Å². The zero-order valence-electron chi connectivity index (χ0n) is 12.0. The van der Waals surface area contributed by atoms with Crippen LogP contribution in [0.15, 0.2) is 18.2 Å². The average Bonchev–Trinajstić information content (AvgIpc) is 2.36. The lowest BCUT2D eigenvalue weighted by molar-refractivity contribution is -0.0495. The Bertz CT molecular complexity index is 432. The molecule has 19 heavy (non-hydrogen) atoms. The van der Waals surface area contributed by atoms with E-state index in [0.717, 1.165) is 0 Å². The maximum Gasteiger partial charge on any atom is 0.248 e. The molecule has 1 atom stereocenters. The lowest BCUT2D eigenvalue weighted by atomic mass is 9.78. The first kappa shape index (κ1) is 14.4. The molecule has 0 amide bonds. The van der Waals surface area contributed by atoms with E-state index in [2.05, 4.69) is 37.4 Å². The summed E-state index contributed by atoms with van der Waals surface area (Å²) < 4.78 is 26.5. The molecule has 0 bridgehead atoms. The van der Waals surface area contributed by atoms with Crippen LogP contribution in [0.25, 0.3) is 0 Å². The molecular weight excluding hydrogens is 244 g/mol. The summed E-state index contributed by atoms with van der Waals surface area (Å²) >= 11 is 0. The first-order chi connectivity index (χ1) is 8.93. The van der Waals surface area contributed by atoms with E-state index in [9.17, 15) is 8.78 Å². The average molecular weight is 267 g/mol. The van der Waals surface area contributed by atoms with Gasteiger partial charge in [0.25, 0.3) is 0 Å². The molecule has 1 aromatic rings. The lowest BCUT2D eigenvalue weighted by Gasteiger charge is -2.34. The molecule has 1 nitrogen and oxygen atoms in total. The maximum atomic E-state index is 13.3. The van der Waals surface area contributed by atoms with Gasteiger partial charge in [-0.3, -0.25) is 0 Å². The summed E-state index contributed by atoms with van der Waals surface area (Å²) in [5.74, 6) is -2.14. The van der Waals surface area contributed by atoms with Gasteiger partial charge in [-0.25, -0.2) is 8.78 Å². The van der Waals surface area contributed by atoms with E-state index in [1.54, 1.807) is 0 Å². The second kappa shape index (κ2) is 5.58. The number of rotatable bonds is 3. The van der Waals surface area contributed by atoms with Crippen molar-refractivity contribution in [2.45, 2.75) is 51.5 Å². The van der Waals surface area contributed by atoms with Crippen LogP contribution < -0.4 is 5.32 Å². The highest BCUT2D eigenvalue weighted by atomic mass is 19.3. The van der Waals surface area contributed by atoms with Crippen molar-refractivity contribution in [3.05, 3.63) is 34.9 Å². The Balaban J connectivity index is 2.18. The van der Waals surface area contributed by atoms with E-state index >= 15 is 0 Å². The number of benzene rings is 1. The van der Waals surface area contributed by atoms with Crippen molar-refractivity contribution in [1.82, 2.24) is 5.32 Å². The molecule has 0 saturated heterocycles. The number of hydrogen-bond acceptors (Lipinski definition) is 1. The molecule has 0 heterocycles. The predicted octanol–water partition coefficient (Wildman–Crippen LogP) is 4.39. The molecule has 2 rings (SSSR count). The van der Waals surface area contributed by atoms with Gasteiger partial charge in [0.15, 0.2) is 0 Å². The Morgan fingerprint density at radius 3 is 2.42 bits per heavy atom. The number of halogens is 2. The van der Waals surface area contributed by atoms with Gasteiger partial charge >= 0.3 is 0 Å². The van der Waals surface area contributed by atoms with Crippen molar-refractivity contribution >= 4 is 0 Å². The van der Waals surface area contributed by atoms with E-state index in [4.69, 9.17) is 0 Å². The zero-order chi connectivity index (χ0) is 14.0. The van der Waals surface area contributed by atoms with Gasteiger partial charge in [-0.15, -0.1) is 0 Å². The summed E-state index contributed by atoms with van der Waals surface area (Å²) in [6.07, 6.45) is 1.26. The van der Waals surface area contributed by atoms with Gasteiger partial charge in [-0.2, -0.15) is 0 Å². The van der Waals surface area contributed by atoms with E-state index in [0.29, 0.717) is 18.8 Å². The summed E-state index contributed by atoms with van der Waals surface area (Å²) in [7, 11) is 1.93. The Hall–Kier alpha value is -0.960. The molecule has 1 fully saturated rings. The first-order valence-corrected chi connectivity index (χ1v) is 7.05. The van der Waals surface area contributed by atoms with Gasteiger partial charge in [0, 0.05) is 18.9 Å². The zero-order valence-corrected chi connectivity index (χ0v) is 12.0. The number of alkyl halides is 2. The second-order valence-corrected chi connectivity index (χ2v) is 5.82. The predicted molar refractivity (Wildman–Crippen MR) is 74.6 cm³/mol. The molecule has 0 spiro atoms. The molecule has 1 saturated carbocycles. The van der Waals surface area contributed by atoms with Crippen molar-refractivity contribution in [3.63, 3.8) is 0 Å². The molecule has 1 N–H and O–H groups in total. The van der Waals surface area contributed by atoms with Crippen LogP contribution >= 0.6 is 0 Å². The topological polar surface area (TPSA) is 12.0 Å². The van der Waals surface area contributed by atoms with Crippen LogP contribution in [0.5, 0.6) is 0 Å². The van der Waals surface area contributed by atoms with Crippen molar-refractivity contribution in [2.24, 2.45) is 5.92 Å². The normalized spacial score (nSPS) is 21.3. The third-order valence-electron chi connectivity index (χ3n) is 4.31. The fourth-order valence-corrected chi connectivity index (χ4v) is 3.14. The molecule has 3 heteroatoms. The minimum atomic E-state index is -2.45. The van der Waals surface area contributed by atoms with Crippen molar-refractivity contribution in [3.8, 4) is 0 Å². The second-order valence-electron chi connectivity index (χ2n) is 5.82. The van der Waals surface area contributed by atoms with Gasteiger partial charge in [0.05, 0.1) is 0 Å². The summed E-state index contributed by atoms with van der Waals surface area (Å²) in [4.78, 5) is 0. The van der Waals surface area contributed by atoms with Crippen molar-refractivity contribution in [2.75, 3.05) is 7.05 Å². The van der Waals surface area contributed by atoms with Crippen molar-refractivity contribution < 1.29 is 8.78 Å². The molecule has 1 aromatic carbocycles. The van der Waals surface area contributed by atoms with Crippen LogP contribution in [0, 0.1) is 19.8 Å². The number of hydrogen-bond donors (Lipinski definition) is 1. The van der Waals surface area contributed by atoms with E-state index < -0.39 is 5.92 Å². The van der Waals surface area contributed by atoms with Gasteiger partial charge < -0.3 is 5.32 Å². The molecular formula is C16H23F2N. The molecule has 0 radical (unpaired) electrons. The fraction of sp³-hybridized carbons (Fsp3) is 0.625. The maximum absolute atomic E-state index is 13.3. The molecule has 1 unspecified atom stereocenters. The van der Waals surface area contributed by atoms with Gasteiger partial charge in [0.2, 0.25) is 5.92 Å². The van der Waals surface area contributed by atoms with Crippen LogP contribution in [-0.2, 0) is 0 Å². The van der Waals surface area contributed by atoms with Gasteiger partial charge in [-0.1, -0.05) is 23.8 Å². The first-order valence-electron chi connectivity index (χ1n) is 7.05. The highest BCUT2D eigenvalue weighted by molar-refractivity contribution is 5.33. The minimum Gasteiger partial charge on any atom is -0.313 e. The van der Waals surface area contributed by atoms with Crippen LogP contribution in [-0.4, -0.2) is 13.0 Å².